The quantitative estimate of drug-likeness (QED) is 0.289. The first-order valence-corrected chi connectivity index (χ1v) is 13.6. The molecule has 0 spiro atoms. The maximum atomic E-state index is 13.5. The van der Waals surface area contributed by atoms with Crippen LogP contribution >= 0.6 is 0 Å². The summed E-state index contributed by atoms with van der Waals surface area (Å²) in [6.07, 6.45) is 3.16. The highest BCUT2D eigenvalue weighted by atomic mass is 19.1. The monoisotopic (exact) mass is 570 g/mol. The molecule has 10 heteroatoms. The van der Waals surface area contributed by atoms with E-state index in [0.29, 0.717) is 35.5 Å². The van der Waals surface area contributed by atoms with E-state index in [1.54, 1.807) is 25.3 Å². The number of aromatic nitrogens is 2. The summed E-state index contributed by atoms with van der Waals surface area (Å²) in [5.74, 6) is -1.09. The lowest BCUT2D eigenvalue weighted by Crippen LogP contribution is -2.37. The van der Waals surface area contributed by atoms with Crippen LogP contribution in [0.4, 0.5) is 9.18 Å². The Hall–Kier alpha value is -4.99. The number of carbonyl (C=O) groups is 3. The molecule has 1 aliphatic rings. The molecule has 4 aromatic rings. The highest BCUT2D eigenvalue weighted by Crippen LogP contribution is 2.41. The number of hydrogen-bond acceptors (Lipinski definition) is 6. The number of pyridine rings is 1. The SMILES string of the molecule is CCOC(=O)C1=CN(C(=O)c2ccc(F)cc2)CC(C)(C)c2c1[nH]c1cc(OC(=O)NCCc3ccccn3)ccc21. The summed E-state index contributed by atoms with van der Waals surface area (Å²) in [6, 6.07) is 16.1. The van der Waals surface area contributed by atoms with Crippen molar-refractivity contribution >= 4 is 34.4 Å². The van der Waals surface area contributed by atoms with Crippen LogP contribution in [0, 0.1) is 5.82 Å². The van der Waals surface area contributed by atoms with Gasteiger partial charge in [0.15, 0.2) is 0 Å². The van der Waals surface area contributed by atoms with Crippen LogP contribution in [0.2, 0.25) is 0 Å². The number of benzene rings is 2. The number of ether oxygens (including phenoxy) is 2. The largest absolute Gasteiger partial charge is 0.462 e. The Labute approximate surface area is 242 Å². The lowest BCUT2D eigenvalue weighted by molar-refractivity contribution is -0.136. The molecule has 5 rings (SSSR count). The van der Waals surface area contributed by atoms with Crippen molar-refractivity contribution in [2.24, 2.45) is 0 Å². The van der Waals surface area contributed by atoms with Gasteiger partial charge in [0.05, 0.1) is 17.9 Å². The smallest absolute Gasteiger partial charge is 0.412 e. The molecule has 0 fully saturated rings. The molecule has 2 amide bonds. The van der Waals surface area contributed by atoms with Gasteiger partial charge in [-0.15, -0.1) is 0 Å². The van der Waals surface area contributed by atoms with Crippen molar-refractivity contribution in [1.82, 2.24) is 20.2 Å². The third kappa shape index (κ3) is 6.02. The van der Waals surface area contributed by atoms with Crippen LogP contribution in [0.15, 0.2) is 73.1 Å². The van der Waals surface area contributed by atoms with Crippen molar-refractivity contribution in [3.63, 3.8) is 0 Å². The number of amides is 2. The van der Waals surface area contributed by atoms with Gasteiger partial charge < -0.3 is 24.7 Å². The third-order valence-corrected chi connectivity index (χ3v) is 7.00. The van der Waals surface area contributed by atoms with Gasteiger partial charge in [0.2, 0.25) is 0 Å². The molecule has 0 saturated heterocycles. The van der Waals surface area contributed by atoms with Gasteiger partial charge in [-0.05, 0) is 61.0 Å². The second kappa shape index (κ2) is 11.9. The number of nitrogens with one attached hydrogen (secondary N) is 2. The van der Waals surface area contributed by atoms with Gasteiger partial charge in [0, 0.05) is 65.5 Å². The third-order valence-electron chi connectivity index (χ3n) is 7.00. The molecular weight excluding hydrogens is 539 g/mol. The standard InChI is InChI=1S/C32H31FN4O5/c1-4-41-30(39)25-18-37(29(38)20-8-10-21(33)11-9-20)19-32(2,3)27-24-13-12-23(17-26(24)36-28(25)27)42-31(40)35-16-14-22-7-5-6-15-34-22/h5-13,15,17-18,36H,4,14,16,19H2,1-3H3,(H,35,40). The molecule has 0 radical (unpaired) electrons. The number of rotatable bonds is 7. The fourth-order valence-corrected chi connectivity index (χ4v) is 5.15. The van der Waals surface area contributed by atoms with Crippen LogP contribution in [-0.4, -0.2) is 52.5 Å². The molecule has 0 unspecified atom stereocenters. The van der Waals surface area contributed by atoms with Crippen molar-refractivity contribution in [3.05, 3.63) is 101 Å². The minimum absolute atomic E-state index is 0.147. The molecule has 9 nitrogen and oxygen atoms in total. The van der Waals surface area contributed by atoms with E-state index in [0.717, 1.165) is 16.6 Å². The van der Waals surface area contributed by atoms with Crippen molar-refractivity contribution in [2.45, 2.75) is 32.6 Å². The first kappa shape index (κ1) is 28.5. The number of halogens is 1. The minimum atomic E-state index is -0.626. The number of esters is 1. The molecule has 3 heterocycles. The van der Waals surface area contributed by atoms with E-state index in [2.05, 4.69) is 15.3 Å². The van der Waals surface area contributed by atoms with Crippen molar-refractivity contribution in [3.8, 4) is 5.75 Å². The zero-order valence-electron chi connectivity index (χ0n) is 23.6. The Bertz CT molecular complexity index is 1660. The molecule has 1 aliphatic heterocycles. The van der Waals surface area contributed by atoms with Crippen LogP contribution in [0.1, 0.15) is 48.1 Å². The van der Waals surface area contributed by atoms with E-state index in [9.17, 15) is 18.8 Å². The molecule has 0 atom stereocenters. The fourth-order valence-electron chi connectivity index (χ4n) is 5.15. The van der Waals surface area contributed by atoms with Gasteiger partial charge in [-0.3, -0.25) is 9.78 Å². The Morgan fingerprint density at radius 2 is 1.88 bits per heavy atom. The summed E-state index contributed by atoms with van der Waals surface area (Å²) in [4.78, 5) is 48.1. The summed E-state index contributed by atoms with van der Waals surface area (Å²) in [5, 5.41) is 3.54. The van der Waals surface area contributed by atoms with Gasteiger partial charge in [0.25, 0.3) is 5.91 Å². The highest BCUT2D eigenvalue weighted by Gasteiger charge is 2.37. The van der Waals surface area contributed by atoms with Gasteiger partial charge >= 0.3 is 12.1 Å². The molecule has 0 bridgehead atoms. The number of hydrogen-bond donors (Lipinski definition) is 2. The van der Waals surface area contributed by atoms with E-state index in [1.165, 1.54) is 35.4 Å². The molecule has 0 aliphatic carbocycles. The Morgan fingerprint density at radius 3 is 2.60 bits per heavy atom. The normalized spacial score (nSPS) is 14.0. The summed E-state index contributed by atoms with van der Waals surface area (Å²) >= 11 is 0. The predicted molar refractivity (Wildman–Crippen MR) is 155 cm³/mol. The minimum Gasteiger partial charge on any atom is -0.462 e. The summed E-state index contributed by atoms with van der Waals surface area (Å²) in [6.45, 7) is 6.41. The van der Waals surface area contributed by atoms with Crippen molar-refractivity contribution < 1.29 is 28.2 Å². The summed E-state index contributed by atoms with van der Waals surface area (Å²) < 4.78 is 24.4. The topological polar surface area (TPSA) is 114 Å². The second-order valence-corrected chi connectivity index (χ2v) is 10.6. The van der Waals surface area contributed by atoms with Gasteiger partial charge in [-0.25, -0.2) is 14.0 Å². The zero-order chi connectivity index (χ0) is 29.9. The van der Waals surface area contributed by atoms with E-state index in [4.69, 9.17) is 9.47 Å². The summed E-state index contributed by atoms with van der Waals surface area (Å²) in [7, 11) is 0. The van der Waals surface area contributed by atoms with E-state index < -0.39 is 23.3 Å². The highest BCUT2D eigenvalue weighted by molar-refractivity contribution is 6.18. The predicted octanol–water partition coefficient (Wildman–Crippen LogP) is 5.37. The molecule has 2 aromatic carbocycles. The number of carbonyl (C=O) groups excluding carboxylic acids is 3. The van der Waals surface area contributed by atoms with Crippen molar-refractivity contribution in [2.75, 3.05) is 19.7 Å². The number of fused-ring (bicyclic) bond motifs is 3. The Morgan fingerprint density at radius 1 is 1.10 bits per heavy atom. The van der Waals surface area contributed by atoms with E-state index >= 15 is 0 Å². The first-order chi connectivity index (χ1) is 20.2. The van der Waals surface area contributed by atoms with Crippen LogP contribution in [-0.2, 0) is 21.4 Å². The molecule has 0 saturated carbocycles. The molecule has 2 N–H and O–H groups in total. The van der Waals surface area contributed by atoms with Gasteiger partial charge in [0.1, 0.15) is 11.6 Å². The number of H-pyrrole nitrogens is 1. The molecule has 2 aromatic heterocycles. The maximum Gasteiger partial charge on any atom is 0.412 e. The average Bonchev–Trinajstić information content (AvgIpc) is 3.30. The molecule has 42 heavy (non-hydrogen) atoms. The lowest BCUT2D eigenvalue weighted by atomic mass is 9.81. The van der Waals surface area contributed by atoms with Gasteiger partial charge in [-0.1, -0.05) is 19.9 Å². The average molecular weight is 571 g/mol. The summed E-state index contributed by atoms with van der Waals surface area (Å²) in [5.41, 5.74) is 2.69. The lowest BCUT2D eigenvalue weighted by Gasteiger charge is -2.29. The second-order valence-electron chi connectivity index (χ2n) is 10.6. The van der Waals surface area contributed by atoms with E-state index in [-0.39, 0.29) is 24.6 Å². The fraction of sp³-hybridized carbons (Fsp3) is 0.250. The van der Waals surface area contributed by atoms with Crippen LogP contribution in [0.25, 0.3) is 16.5 Å². The first-order valence-electron chi connectivity index (χ1n) is 13.6. The van der Waals surface area contributed by atoms with E-state index in [1.807, 2.05) is 38.1 Å². The molecule has 216 valence electrons. The Balaban J connectivity index is 1.44. The van der Waals surface area contributed by atoms with Crippen LogP contribution in [0.5, 0.6) is 5.75 Å². The number of aromatic amines is 1. The van der Waals surface area contributed by atoms with Crippen LogP contribution < -0.4 is 10.1 Å². The van der Waals surface area contributed by atoms with Crippen LogP contribution in [0.3, 0.4) is 0 Å². The maximum absolute atomic E-state index is 13.5. The van der Waals surface area contributed by atoms with Crippen molar-refractivity contribution in [1.29, 1.82) is 0 Å². The number of nitrogens with zero attached hydrogens (tertiary/aromatic N) is 2. The van der Waals surface area contributed by atoms with Gasteiger partial charge in [-0.2, -0.15) is 0 Å². The molecular formula is C32H31FN4O5. The zero-order valence-corrected chi connectivity index (χ0v) is 23.6. The Kier molecular flexibility index (Phi) is 8.06.